The Bertz CT molecular complexity index is 95.6. The van der Waals surface area contributed by atoms with Gasteiger partial charge in [0.05, 0.1) is 0 Å². The minimum absolute atomic E-state index is 0. The topological polar surface area (TPSA) is 18.5 Å². The fourth-order valence-corrected chi connectivity index (χ4v) is 0.375. The van der Waals surface area contributed by atoms with Crippen molar-refractivity contribution in [1.82, 2.24) is 0 Å². The van der Waals surface area contributed by atoms with E-state index in [1.165, 1.54) is 0 Å². The molecular formula is C6H12O2Pt. The van der Waals surface area contributed by atoms with Gasteiger partial charge in [0.25, 0.3) is 0 Å². The molecule has 1 aliphatic heterocycles. The quantitative estimate of drug-likeness (QED) is 0.631. The summed E-state index contributed by atoms with van der Waals surface area (Å²) in [6.45, 7) is 8.04. The van der Waals surface area contributed by atoms with E-state index < -0.39 is 0 Å². The average molecular weight is 311 g/mol. The van der Waals surface area contributed by atoms with Gasteiger partial charge in [-0.3, -0.25) is 0 Å². The molecule has 3 heteroatoms. The summed E-state index contributed by atoms with van der Waals surface area (Å²) in [5.74, 6) is 0. The molecule has 2 nitrogen and oxygen atoms in total. The Hall–Kier alpha value is 0.608. The molecular weight excluding hydrogens is 299 g/mol. The Morgan fingerprint density at radius 1 is 0.778 bits per heavy atom. The maximum absolute atomic E-state index is 4.83. The summed E-state index contributed by atoms with van der Waals surface area (Å²) >= 11 is 0. The van der Waals surface area contributed by atoms with E-state index in [2.05, 4.69) is 0 Å². The van der Waals surface area contributed by atoms with E-state index in [0.717, 1.165) is 0 Å². The zero-order valence-electron chi connectivity index (χ0n) is 6.13. The summed E-state index contributed by atoms with van der Waals surface area (Å²) in [4.78, 5) is 9.67. The number of rotatable bonds is 0. The van der Waals surface area contributed by atoms with Crippen molar-refractivity contribution >= 4 is 0 Å². The monoisotopic (exact) mass is 311 g/mol. The Kier molecular flexibility index (Phi) is 2.49. The Morgan fingerprint density at radius 3 is 1.00 bits per heavy atom. The van der Waals surface area contributed by atoms with Crippen LogP contribution in [0.4, 0.5) is 0 Å². The van der Waals surface area contributed by atoms with Gasteiger partial charge >= 0.3 is 0 Å². The predicted octanol–water partition coefficient (Wildman–Crippen LogP) is 1.50. The van der Waals surface area contributed by atoms with E-state index in [-0.39, 0.29) is 32.3 Å². The van der Waals surface area contributed by atoms with Crippen molar-refractivity contribution in [3.8, 4) is 0 Å². The van der Waals surface area contributed by atoms with Crippen molar-refractivity contribution in [2.45, 2.75) is 38.9 Å². The molecule has 1 aliphatic rings. The van der Waals surface area contributed by atoms with Crippen LogP contribution in [-0.2, 0) is 30.8 Å². The fraction of sp³-hybridized carbons (Fsp3) is 1.00. The first kappa shape index (κ1) is 9.61. The summed E-state index contributed by atoms with van der Waals surface area (Å²) in [7, 11) is 0. The van der Waals surface area contributed by atoms with Crippen LogP contribution >= 0.6 is 0 Å². The van der Waals surface area contributed by atoms with Gasteiger partial charge < -0.3 is 0 Å². The zero-order valence-corrected chi connectivity index (χ0v) is 8.40. The molecule has 1 saturated heterocycles. The molecule has 1 fully saturated rings. The van der Waals surface area contributed by atoms with Gasteiger partial charge in [-0.25, -0.2) is 9.78 Å². The molecule has 0 aliphatic carbocycles. The minimum atomic E-state index is -0.104. The Labute approximate surface area is 70.1 Å². The number of hydrogen-bond acceptors (Lipinski definition) is 2. The van der Waals surface area contributed by atoms with E-state index in [1.54, 1.807) is 0 Å². The Balaban J connectivity index is 0.000000640. The smallest absolute Gasteiger partial charge is 0.129 e. The van der Waals surface area contributed by atoms with Crippen LogP contribution in [0.3, 0.4) is 0 Å². The average Bonchev–Trinajstić information content (AvgIpc) is 1.64. The van der Waals surface area contributed by atoms with Gasteiger partial charge in [-0.2, -0.15) is 0 Å². The van der Waals surface area contributed by atoms with Crippen LogP contribution in [0.25, 0.3) is 0 Å². The van der Waals surface area contributed by atoms with E-state index in [0.29, 0.717) is 0 Å². The molecule has 9 heavy (non-hydrogen) atoms. The third kappa shape index (κ3) is 1.36. The molecule has 0 aromatic carbocycles. The summed E-state index contributed by atoms with van der Waals surface area (Å²) < 4.78 is 0. The van der Waals surface area contributed by atoms with Gasteiger partial charge in [-0.1, -0.05) is 0 Å². The van der Waals surface area contributed by atoms with Crippen LogP contribution in [-0.4, -0.2) is 11.2 Å². The van der Waals surface area contributed by atoms with Crippen LogP contribution in [0.5, 0.6) is 0 Å². The van der Waals surface area contributed by atoms with Crippen LogP contribution in [0.2, 0.25) is 0 Å². The first-order valence-corrected chi connectivity index (χ1v) is 2.82. The second kappa shape index (κ2) is 2.34. The maximum Gasteiger partial charge on any atom is 0.129 e. The molecule has 0 aromatic rings. The molecule has 0 unspecified atom stereocenters. The summed E-state index contributed by atoms with van der Waals surface area (Å²) in [5, 5.41) is 0. The van der Waals surface area contributed by atoms with Crippen molar-refractivity contribution < 1.29 is 30.8 Å². The van der Waals surface area contributed by atoms with Crippen molar-refractivity contribution in [1.29, 1.82) is 0 Å². The SMILES string of the molecule is CC1(C)OOC1(C)C.[Pt]. The van der Waals surface area contributed by atoms with Crippen molar-refractivity contribution in [2.75, 3.05) is 0 Å². The largest absolute Gasteiger partial charge is 0.227 e. The summed E-state index contributed by atoms with van der Waals surface area (Å²) in [6.07, 6.45) is 0. The second-order valence-electron chi connectivity index (χ2n) is 3.19. The second-order valence-corrected chi connectivity index (χ2v) is 3.19. The molecule has 0 saturated carbocycles. The van der Waals surface area contributed by atoms with Crippen molar-refractivity contribution in [3.63, 3.8) is 0 Å². The first-order chi connectivity index (χ1) is 3.46. The van der Waals surface area contributed by atoms with Crippen molar-refractivity contribution in [3.05, 3.63) is 0 Å². The molecule has 58 valence electrons. The maximum atomic E-state index is 4.83. The normalized spacial score (nSPS) is 28.0. The molecule has 1 heterocycles. The van der Waals surface area contributed by atoms with E-state index >= 15 is 0 Å². The van der Waals surface area contributed by atoms with Gasteiger partial charge in [0, 0.05) is 21.1 Å². The van der Waals surface area contributed by atoms with Gasteiger partial charge in [0.2, 0.25) is 0 Å². The molecule has 0 bridgehead atoms. The zero-order chi connectivity index (χ0) is 6.41. The number of hydrogen-bond donors (Lipinski definition) is 0. The van der Waals surface area contributed by atoms with E-state index in [4.69, 9.17) is 9.78 Å². The standard InChI is InChI=1S/C6H12O2.Pt/c1-5(2)6(3,4)8-7-5;/h1-4H3;. The summed E-state index contributed by atoms with van der Waals surface area (Å²) in [6, 6.07) is 0. The molecule has 0 atom stereocenters. The van der Waals surface area contributed by atoms with Crippen molar-refractivity contribution in [2.24, 2.45) is 0 Å². The molecule has 1 rings (SSSR count). The summed E-state index contributed by atoms with van der Waals surface area (Å²) in [5.41, 5.74) is -0.208. The van der Waals surface area contributed by atoms with Crippen LogP contribution in [0, 0.1) is 0 Å². The van der Waals surface area contributed by atoms with Gasteiger partial charge in [-0.15, -0.1) is 0 Å². The van der Waals surface area contributed by atoms with Gasteiger partial charge in [-0.05, 0) is 27.7 Å². The van der Waals surface area contributed by atoms with E-state index in [1.807, 2.05) is 27.7 Å². The third-order valence-electron chi connectivity index (χ3n) is 1.91. The molecule has 0 N–H and O–H groups in total. The van der Waals surface area contributed by atoms with Gasteiger partial charge in [0.1, 0.15) is 11.2 Å². The van der Waals surface area contributed by atoms with Crippen LogP contribution in [0.1, 0.15) is 27.7 Å². The minimum Gasteiger partial charge on any atom is -0.227 e. The van der Waals surface area contributed by atoms with Crippen LogP contribution < -0.4 is 0 Å². The van der Waals surface area contributed by atoms with Crippen LogP contribution in [0.15, 0.2) is 0 Å². The fourth-order valence-electron chi connectivity index (χ4n) is 0.375. The molecule has 0 spiro atoms. The molecule has 0 radical (unpaired) electrons. The van der Waals surface area contributed by atoms with E-state index in [9.17, 15) is 0 Å². The third-order valence-corrected chi connectivity index (χ3v) is 1.91. The Morgan fingerprint density at radius 2 is 1.00 bits per heavy atom. The van der Waals surface area contributed by atoms with Gasteiger partial charge in [0.15, 0.2) is 0 Å². The predicted molar refractivity (Wildman–Crippen MR) is 30.3 cm³/mol. The molecule has 0 amide bonds. The molecule has 0 aromatic heterocycles. The first-order valence-electron chi connectivity index (χ1n) is 2.82.